The summed E-state index contributed by atoms with van der Waals surface area (Å²) in [7, 11) is 0. The van der Waals surface area contributed by atoms with Crippen LogP contribution in [0.2, 0.25) is 0 Å². The maximum Gasteiger partial charge on any atom is 0.0100 e. The molecule has 0 aromatic carbocycles. The maximum absolute atomic E-state index is 3.76. The second-order valence-corrected chi connectivity index (χ2v) is 4.76. The van der Waals surface area contributed by atoms with Crippen LogP contribution in [0, 0.1) is 11.8 Å². The lowest BCUT2D eigenvalue weighted by molar-refractivity contribution is 0.321. The van der Waals surface area contributed by atoms with E-state index in [1.807, 2.05) is 0 Å². The average molecular weight is 167 g/mol. The summed E-state index contributed by atoms with van der Waals surface area (Å²) in [5, 5.41) is 3.76. The molecule has 2 aliphatic rings. The molecule has 2 aliphatic carbocycles. The Hall–Kier alpha value is -0.0400. The van der Waals surface area contributed by atoms with Crippen molar-refractivity contribution < 1.29 is 0 Å². The molecule has 0 saturated heterocycles. The largest absolute Gasteiger partial charge is 0.311 e. The van der Waals surface area contributed by atoms with Crippen LogP contribution < -0.4 is 5.32 Å². The van der Waals surface area contributed by atoms with Crippen LogP contribution in [-0.2, 0) is 0 Å². The van der Waals surface area contributed by atoms with Gasteiger partial charge >= 0.3 is 0 Å². The SMILES string of the molecule is CC[C@@H](C)N[C@@H]1C[C@@H]2CC[C@@H]1C2. The molecule has 1 N–H and O–H groups in total. The molecule has 0 aliphatic heterocycles. The van der Waals surface area contributed by atoms with Crippen LogP contribution in [0.1, 0.15) is 46.0 Å². The predicted octanol–water partition coefficient (Wildman–Crippen LogP) is 2.56. The fraction of sp³-hybridized carbons (Fsp3) is 1.00. The van der Waals surface area contributed by atoms with E-state index < -0.39 is 0 Å². The van der Waals surface area contributed by atoms with Gasteiger partial charge in [-0.25, -0.2) is 0 Å². The molecule has 2 saturated carbocycles. The number of hydrogen-bond acceptors (Lipinski definition) is 1. The van der Waals surface area contributed by atoms with Gasteiger partial charge in [-0.2, -0.15) is 0 Å². The van der Waals surface area contributed by atoms with Crippen molar-refractivity contribution in [2.45, 2.75) is 58.0 Å². The quantitative estimate of drug-likeness (QED) is 0.681. The van der Waals surface area contributed by atoms with Crippen molar-refractivity contribution in [1.29, 1.82) is 0 Å². The Morgan fingerprint density at radius 3 is 2.67 bits per heavy atom. The van der Waals surface area contributed by atoms with Crippen LogP contribution in [0.15, 0.2) is 0 Å². The van der Waals surface area contributed by atoms with Gasteiger partial charge in [-0.05, 0) is 44.4 Å². The van der Waals surface area contributed by atoms with E-state index in [1.165, 1.54) is 32.1 Å². The fourth-order valence-electron chi connectivity index (χ4n) is 2.93. The van der Waals surface area contributed by atoms with E-state index >= 15 is 0 Å². The van der Waals surface area contributed by atoms with E-state index in [9.17, 15) is 0 Å². The molecule has 0 amide bonds. The molecule has 0 heterocycles. The highest BCUT2D eigenvalue weighted by Crippen LogP contribution is 2.44. The summed E-state index contributed by atoms with van der Waals surface area (Å²) in [6.07, 6.45) is 7.28. The Bertz CT molecular complexity index is 155. The molecule has 70 valence electrons. The molecule has 2 bridgehead atoms. The van der Waals surface area contributed by atoms with Gasteiger partial charge in [0.15, 0.2) is 0 Å². The second kappa shape index (κ2) is 3.37. The first-order valence-electron chi connectivity index (χ1n) is 5.55. The van der Waals surface area contributed by atoms with Crippen molar-refractivity contribution in [2.75, 3.05) is 0 Å². The molecule has 0 aromatic heterocycles. The molecule has 0 spiro atoms. The summed E-state index contributed by atoms with van der Waals surface area (Å²) in [6, 6.07) is 1.60. The van der Waals surface area contributed by atoms with Crippen molar-refractivity contribution in [2.24, 2.45) is 11.8 Å². The Morgan fingerprint density at radius 1 is 1.33 bits per heavy atom. The highest BCUT2D eigenvalue weighted by molar-refractivity contribution is 4.94. The van der Waals surface area contributed by atoms with Gasteiger partial charge < -0.3 is 5.32 Å². The van der Waals surface area contributed by atoms with Gasteiger partial charge in [-0.1, -0.05) is 13.3 Å². The van der Waals surface area contributed by atoms with Crippen molar-refractivity contribution in [3.8, 4) is 0 Å². The molecule has 0 unspecified atom stereocenters. The van der Waals surface area contributed by atoms with E-state index in [2.05, 4.69) is 19.2 Å². The van der Waals surface area contributed by atoms with E-state index in [1.54, 1.807) is 0 Å². The Balaban J connectivity index is 1.82. The van der Waals surface area contributed by atoms with Crippen LogP contribution in [0.5, 0.6) is 0 Å². The van der Waals surface area contributed by atoms with Crippen molar-refractivity contribution >= 4 is 0 Å². The second-order valence-electron chi connectivity index (χ2n) is 4.76. The van der Waals surface area contributed by atoms with Gasteiger partial charge in [0, 0.05) is 12.1 Å². The molecule has 2 fully saturated rings. The molecular weight excluding hydrogens is 146 g/mol. The van der Waals surface area contributed by atoms with Crippen LogP contribution in [0.25, 0.3) is 0 Å². The third-order valence-electron chi connectivity index (χ3n) is 3.85. The van der Waals surface area contributed by atoms with Gasteiger partial charge in [0.2, 0.25) is 0 Å². The van der Waals surface area contributed by atoms with Crippen LogP contribution in [0.4, 0.5) is 0 Å². The fourth-order valence-corrected chi connectivity index (χ4v) is 2.93. The van der Waals surface area contributed by atoms with Crippen LogP contribution in [-0.4, -0.2) is 12.1 Å². The first-order valence-corrected chi connectivity index (χ1v) is 5.55. The summed E-state index contributed by atoms with van der Waals surface area (Å²) in [4.78, 5) is 0. The van der Waals surface area contributed by atoms with Gasteiger partial charge in [0.05, 0.1) is 0 Å². The molecule has 12 heavy (non-hydrogen) atoms. The number of hydrogen-bond donors (Lipinski definition) is 1. The van der Waals surface area contributed by atoms with E-state index in [0.717, 1.165) is 23.9 Å². The lowest BCUT2D eigenvalue weighted by Crippen LogP contribution is -2.39. The standard InChI is InChI=1S/C11H21N/c1-3-8(2)12-11-7-9-4-5-10(11)6-9/h8-12H,3-7H2,1-2H3/t8-,9-,10-,11-/m1/s1. The topological polar surface area (TPSA) is 12.0 Å². The number of rotatable bonds is 3. The highest BCUT2D eigenvalue weighted by Gasteiger charge is 2.39. The van der Waals surface area contributed by atoms with Gasteiger partial charge in [0.25, 0.3) is 0 Å². The molecule has 1 heteroatoms. The zero-order valence-corrected chi connectivity index (χ0v) is 8.34. The van der Waals surface area contributed by atoms with Crippen molar-refractivity contribution in [1.82, 2.24) is 5.32 Å². The summed E-state index contributed by atoms with van der Waals surface area (Å²) < 4.78 is 0. The zero-order chi connectivity index (χ0) is 8.55. The minimum atomic E-state index is 0.731. The molecular formula is C11H21N. The number of nitrogens with one attached hydrogen (secondary N) is 1. The summed E-state index contributed by atoms with van der Waals surface area (Å²) in [6.45, 7) is 4.58. The van der Waals surface area contributed by atoms with Crippen LogP contribution >= 0.6 is 0 Å². The maximum atomic E-state index is 3.76. The molecule has 4 atom stereocenters. The van der Waals surface area contributed by atoms with E-state index in [-0.39, 0.29) is 0 Å². The van der Waals surface area contributed by atoms with Gasteiger partial charge in [-0.3, -0.25) is 0 Å². The average Bonchev–Trinajstić information content (AvgIpc) is 2.64. The van der Waals surface area contributed by atoms with Crippen LogP contribution in [0.3, 0.4) is 0 Å². The first-order chi connectivity index (χ1) is 5.79. The highest BCUT2D eigenvalue weighted by atomic mass is 15.0. The molecule has 2 rings (SSSR count). The van der Waals surface area contributed by atoms with Gasteiger partial charge in [0.1, 0.15) is 0 Å². The predicted molar refractivity (Wildman–Crippen MR) is 52.1 cm³/mol. The third kappa shape index (κ3) is 1.52. The number of fused-ring (bicyclic) bond motifs is 2. The Kier molecular flexibility index (Phi) is 2.40. The van der Waals surface area contributed by atoms with Crippen molar-refractivity contribution in [3.05, 3.63) is 0 Å². The smallest absolute Gasteiger partial charge is 0.0100 e. The lowest BCUT2D eigenvalue weighted by Gasteiger charge is -2.26. The monoisotopic (exact) mass is 167 g/mol. The van der Waals surface area contributed by atoms with Gasteiger partial charge in [-0.15, -0.1) is 0 Å². The minimum absolute atomic E-state index is 0.731. The van der Waals surface area contributed by atoms with E-state index in [0.29, 0.717) is 0 Å². The Morgan fingerprint density at radius 2 is 2.17 bits per heavy atom. The van der Waals surface area contributed by atoms with E-state index in [4.69, 9.17) is 0 Å². The summed E-state index contributed by atoms with van der Waals surface area (Å²) in [5.41, 5.74) is 0. The summed E-state index contributed by atoms with van der Waals surface area (Å²) in [5.74, 6) is 2.11. The van der Waals surface area contributed by atoms with Crippen molar-refractivity contribution in [3.63, 3.8) is 0 Å². The summed E-state index contributed by atoms with van der Waals surface area (Å²) >= 11 is 0. The molecule has 0 aromatic rings. The molecule has 0 radical (unpaired) electrons. The normalized spacial score (nSPS) is 42.0. The third-order valence-corrected chi connectivity index (χ3v) is 3.85. The lowest BCUT2D eigenvalue weighted by atomic mass is 9.94. The first kappa shape index (κ1) is 8.55. The zero-order valence-electron chi connectivity index (χ0n) is 8.34. The minimum Gasteiger partial charge on any atom is -0.311 e. The molecule has 1 nitrogen and oxygen atoms in total. The Labute approximate surface area is 75.9 Å².